The summed E-state index contributed by atoms with van der Waals surface area (Å²) < 4.78 is 5.65. The third kappa shape index (κ3) is 1.89. The highest BCUT2D eigenvalue weighted by atomic mass is 79.9. The first-order chi connectivity index (χ1) is 7.18. The van der Waals surface area contributed by atoms with Crippen molar-refractivity contribution in [2.45, 2.75) is 0 Å². The second kappa shape index (κ2) is 3.82. The van der Waals surface area contributed by atoms with E-state index in [1.807, 2.05) is 0 Å². The van der Waals surface area contributed by atoms with Gasteiger partial charge in [-0.05, 0) is 28.1 Å². The van der Waals surface area contributed by atoms with E-state index in [2.05, 4.69) is 26.1 Å². The normalized spacial score (nSPS) is 10.2. The lowest BCUT2D eigenvalue weighted by Gasteiger charge is -1.96. The summed E-state index contributed by atoms with van der Waals surface area (Å²) in [5.74, 6) is -0.925. The smallest absolute Gasteiger partial charge is 0.341 e. The van der Waals surface area contributed by atoms with Crippen LogP contribution in [0.4, 0.5) is 0 Å². The SMILES string of the molecule is O=C(O)c1cnoc1-c1ccc(Br)cn1. The summed E-state index contributed by atoms with van der Waals surface area (Å²) in [5, 5.41) is 12.3. The van der Waals surface area contributed by atoms with Crippen molar-refractivity contribution in [3.63, 3.8) is 0 Å². The highest BCUT2D eigenvalue weighted by Crippen LogP contribution is 2.22. The minimum absolute atomic E-state index is 0.00447. The highest BCUT2D eigenvalue weighted by Gasteiger charge is 2.17. The van der Waals surface area contributed by atoms with Gasteiger partial charge in [-0.25, -0.2) is 4.79 Å². The molecule has 2 heterocycles. The Morgan fingerprint density at radius 3 is 2.80 bits per heavy atom. The fourth-order valence-electron chi connectivity index (χ4n) is 1.09. The molecular weight excluding hydrogens is 264 g/mol. The molecule has 2 rings (SSSR count). The Bertz CT molecular complexity index is 492. The number of carboxylic acids is 1. The van der Waals surface area contributed by atoms with Gasteiger partial charge in [-0.1, -0.05) is 5.16 Å². The molecule has 15 heavy (non-hydrogen) atoms. The lowest BCUT2D eigenvalue weighted by atomic mass is 10.2. The Balaban J connectivity index is 2.49. The number of nitrogens with zero attached hydrogens (tertiary/aromatic N) is 2. The molecule has 0 aliphatic rings. The first-order valence-corrected chi connectivity index (χ1v) is 4.77. The summed E-state index contributed by atoms with van der Waals surface area (Å²) >= 11 is 3.23. The minimum atomic E-state index is -1.09. The third-order valence-corrected chi connectivity index (χ3v) is 2.23. The zero-order valence-corrected chi connectivity index (χ0v) is 8.93. The van der Waals surface area contributed by atoms with E-state index in [1.54, 1.807) is 18.3 Å². The molecule has 0 atom stereocenters. The second-order valence-corrected chi connectivity index (χ2v) is 3.65. The summed E-state index contributed by atoms with van der Waals surface area (Å²) in [6, 6.07) is 3.40. The second-order valence-electron chi connectivity index (χ2n) is 2.74. The molecule has 2 aromatic rings. The standard InChI is InChI=1S/C9H5BrN2O3/c10-5-1-2-7(11-3-5)8-6(9(13)14)4-12-15-8/h1-4H,(H,13,14). The molecule has 76 valence electrons. The number of rotatable bonds is 2. The van der Waals surface area contributed by atoms with Crippen molar-refractivity contribution in [3.8, 4) is 11.5 Å². The molecule has 0 fully saturated rings. The molecule has 0 amide bonds. The van der Waals surface area contributed by atoms with E-state index in [0.717, 1.165) is 10.7 Å². The van der Waals surface area contributed by atoms with Crippen LogP contribution in [-0.2, 0) is 0 Å². The molecule has 1 N–H and O–H groups in total. The van der Waals surface area contributed by atoms with Crippen LogP contribution in [0.25, 0.3) is 11.5 Å². The molecule has 0 saturated carbocycles. The maximum atomic E-state index is 10.8. The van der Waals surface area contributed by atoms with Crippen LogP contribution in [0.5, 0.6) is 0 Å². The number of aromatic carboxylic acids is 1. The number of carboxylic acid groups (broad SMARTS) is 1. The van der Waals surface area contributed by atoms with Gasteiger partial charge in [0, 0.05) is 10.7 Å². The van der Waals surface area contributed by atoms with Gasteiger partial charge >= 0.3 is 5.97 Å². The van der Waals surface area contributed by atoms with E-state index >= 15 is 0 Å². The zero-order chi connectivity index (χ0) is 10.8. The maximum absolute atomic E-state index is 10.8. The number of aromatic nitrogens is 2. The summed E-state index contributed by atoms with van der Waals surface area (Å²) in [6.07, 6.45) is 2.71. The number of carbonyl (C=O) groups is 1. The minimum Gasteiger partial charge on any atom is -0.477 e. The molecule has 0 spiro atoms. The van der Waals surface area contributed by atoms with Crippen LogP contribution < -0.4 is 0 Å². The van der Waals surface area contributed by atoms with Crippen molar-refractivity contribution in [1.82, 2.24) is 10.1 Å². The van der Waals surface area contributed by atoms with Crippen LogP contribution >= 0.6 is 15.9 Å². The van der Waals surface area contributed by atoms with Gasteiger partial charge in [0.05, 0.1) is 6.20 Å². The molecule has 5 nitrogen and oxygen atoms in total. The number of halogens is 1. The Kier molecular flexibility index (Phi) is 2.51. The Labute approximate surface area is 92.9 Å². The van der Waals surface area contributed by atoms with Crippen molar-refractivity contribution in [2.75, 3.05) is 0 Å². The summed E-state index contributed by atoms with van der Waals surface area (Å²) in [7, 11) is 0. The van der Waals surface area contributed by atoms with Gasteiger partial charge < -0.3 is 9.63 Å². The molecule has 0 aromatic carbocycles. The first-order valence-electron chi connectivity index (χ1n) is 3.98. The number of hydrogen-bond donors (Lipinski definition) is 1. The van der Waals surface area contributed by atoms with Crippen molar-refractivity contribution in [2.24, 2.45) is 0 Å². The maximum Gasteiger partial charge on any atom is 0.341 e. The van der Waals surface area contributed by atoms with Crippen molar-refractivity contribution in [1.29, 1.82) is 0 Å². The fraction of sp³-hybridized carbons (Fsp3) is 0. The predicted octanol–water partition coefficient (Wildman–Crippen LogP) is 2.20. The molecular formula is C9H5BrN2O3. The molecule has 0 aliphatic carbocycles. The molecule has 2 aromatic heterocycles. The predicted molar refractivity (Wildman–Crippen MR) is 54.4 cm³/mol. The topological polar surface area (TPSA) is 76.2 Å². The molecule has 6 heteroatoms. The van der Waals surface area contributed by atoms with Gasteiger partial charge in [0.2, 0.25) is 0 Å². The van der Waals surface area contributed by atoms with Crippen LogP contribution in [-0.4, -0.2) is 21.2 Å². The molecule has 0 saturated heterocycles. The Morgan fingerprint density at radius 2 is 2.20 bits per heavy atom. The Morgan fingerprint density at radius 1 is 1.40 bits per heavy atom. The lowest BCUT2D eigenvalue weighted by Crippen LogP contribution is -1.96. The van der Waals surface area contributed by atoms with Gasteiger partial charge in [0.25, 0.3) is 0 Å². The van der Waals surface area contributed by atoms with E-state index in [-0.39, 0.29) is 11.3 Å². The van der Waals surface area contributed by atoms with Gasteiger partial charge in [0.15, 0.2) is 5.76 Å². The van der Waals surface area contributed by atoms with Crippen molar-refractivity contribution >= 4 is 21.9 Å². The van der Waals surface area contributed by atoms with Gasteiger partial charge in [-0.2, -0.15) is 0 Å². The van der Waals surface area contributed by atoms with Crippen LogP contribution in [0.15, 0.2) is 33.5 Å². The number of pyridine rings is 1. The van der Waals surface area contributed by atoms with Crippen LogP contribution in [0.2, 0.25) is 0 Å². The molecule has 0 radical (unpaired) electrons. The third-order valence-electron chi connectivity index (χ3n) is 1.76. The fourth-order valence-corrected chi connectivity index (χ4v) is 1.32. The highest BCUT2D eigenvalue weighted by molar-refractivity contribution is 9.10. The summed E-state index contributed by atoms with van der Waals surface area (Å²) in [5.41, 5.74) is 0.443. The van der Waals surface area contributed by atoms with Crippen LogP contribution in [0.1, 0.15) is 10.4 Å². The quantitative estimate of drug-likeness (QED) is 0.904. The molecule has 0 aliphatic heterocycles. The average molecular weight is 269 g/mol. The summed E-state index contributed by atoms with van der Waals surface area (Å²) in [6.45, 7) is 0. The van der Waals surface area contributed by atoms with Crippen molar-refractivity contribution < 1.29 is 14.4 Å². The van der Waals surface area contributed by atoms with Gasteiger partial charge in [-0.3, -0.25) is 4.98 Å². The average Bonchev–Trinajstić information content (AvgIpc) is 2.67. The largest absolute Gasteiger partial charge is 0.477 e. The molecule has 0 unspecified atom stereocenters. The van der Waals surface area contributed by atoms with E-state index < -0.39 is 5.97 Å². The lowest BCUT2D eigenvalue weighted by molar-refractivity contribution is 0.0697. The monoisotopic (exact) mass is 268 g/mol. The summed E-state index contributed by atoms with van der Waals surface area (Å²) in [4.78, 5) is 14.8. The Hall–Kier alpha value is -1.69. The van der Waals surface area contributed by atoms with Crippen LogP contribution in [0, 0.1) is 0 Å². The zero-order valence-electron chi connectivity index (χ0n) is 7.35. The van der Waals surface area contributed by atoms with E-state index in [4.69, 9.17) is 9.63 Å². The first kappa shape index (κ1) is 9.85. The van der Waals surface area contributed by atoms with Crippen molar-refractivity contribution in [3.05, 3.63) is 34.6 Å². The number of hydrogen-bond acceptors (Lipinski definition) is 4. The molecule has 0 bridgehead atoms. The van der Waals surface area contributed by atoms with Gasteiger partial charge in [0.1, 0.15) is 11.3 Å². The van der Waals surface area contributed by atoms with E-state index in [1.165, 1.54) is 0 Å². The van der Waals surface area contributed by atoms with Gasteiger partial charge in [-0.15, -0.1) is 0 Å². The van der Waals surface area contributed by atoms with Crippen LogP contribution in [0.3, 0.4) is 0 Å². The van der Waals surface area contributed by atoms with E-state index in [0.29, 0.717) is 5.69 Å². The van der Waals surface area contributed by atoms with E-state index in [9.17, 15) is 4.79 Å².